The molecule has 11 heteroatoms. The number of hydrogen-bond donors (Lipinski definition) is 1. The van der Waals surface area contributed by atoms with Crippen molar-refractivity contribution in [2.45, 2.75) is 11.3 Å². The van der Waals surface area contributed by atoms with Crippen LogP contribution in [0.3, 0.4) is 0 Å². The van der Waals surface area contributed by atoms with Crippen molar-refractivity contribution in [3.8, 4) is 17.6 Å². The zero-order chi connectivity index (χ0) is 19.5. The minimum atomic E-state index is -5.04. The molecule has 0 atom stereocenters. The third-order valence-electron chi connectivity index (χ3n) is 3.02. The first-order valence-corrected chi connectivity index (χ1v) is 8.21. The van der Waals surface area contributed by atoms with Crippen molar-refractivity contribution in [2.75, 3.05) is 11.8 Å². The van der Waals surface area contributed by atoms with Crippen LogP contribution in [0, 0.1) is 17.1 Å². The molecule has 0 saturated heterocycles. The van der Waals surface area contributed by atoms with E-state index in [1.54, 1.807) is 0 Å². The Morgan fingerprint density at radius 1 is 1.19 bits per heavy atom. The van der Waals surface area contributed by atoms with Crippen LogP contribution in [0.5, 0.6) is 11.5 Å². The van der Waals surface area contributed by atoms with Crippen molar-refractivity contribution in [3.63, 3.8) is 0 Å². The molecular formula is C15H10F4N2O4S. The molecule has 2 rings (SSSR count). The highest BCUT2D eigenvalue weighted by Gasteiger charge is 2.32. The summed E-state index contributed by atoms with van der Waals surface area (Å²) in [7, 11) is -3.21. The van der Waals surface area contributed by atoms with E-state index in [-0.39, 0.29) is 11.4 Å². The average molecular weight is 390 g/mol. The van der Waals surface area contributed by atoms with E-state index in [0.717, 1.165) is 19.2 Å². The normalized spacial score (nSPS) is 11.5. The van der Waals surface area contributed by atoms with E-state index < -0.39 is 38.4 Å². The number of hydrogen-bond acceptors (Lipinski definition) is 5. The maximum atomic E-state index is 13.6. The van der Waals surface area contributed by atoms with Gasteiger partial charge in [0, 0.05) is 0 Å². The molecule has 138 valence electrons. The maximum Gasteiger partial charge on any atom is 0.573 e. The fraction of sp³-hybridized carbons (Fsp3) is 0.133. The van der Waals surface area contributed by atoms with E-state index in [0.29, 0.717) is 12.1 Å². The molecule has 0 unspecified atom stereocenters. The Morgan fingerprint density at radius 3 is 2.46 bits per heavy atom. The molecule has 26 heavy (non-hydrogen) atoms. The highest BCUT2D eigenvalue weighted by Crippen LogP contribution is 2.31. The highest BCUT2D eigenvalue weighted by molar-refractivity contribution is 7.92. The van der Waals surface area contributed by atoms with Gasteiger partial charge >= 0.3 is 6.36 Å². The van der Waals surface area contributed by atoms with Crippen LogP contribution in [0.15, 0.2) is 41.3 Å². The Hall–Kier alpha value is -3.00. The molecular weight excluding hydrogens is 380 g/mol. The largest absolute Gasteiger partial charge is 0.573 e. The van der Waals surface area contributed by atoms with Crippen molar-refractivity contribution < 1.29 is 35.5 Å². The van der Waals surface area contributed by atoms with Crippen LogP contribution in [0.2, 0.25) is 0 Å². The van der Waals surface area contributed by atoms with Crippen LogP contribution in [0.4, 0.5) is 23.2 Å². The second-order valence-corrected chi connectivity index (χ2v) is 6.43. The van der Waals surface area contributed by atoms with Gasteiger partial charge in [0.25, 0.3) is 10.0 Å². The number of nitrogens with zero attached hydrogens (tertiary/aromatic N) is 1. The lowest BCUT2D eigenvalue weighted by molar-refractivity contribution is -0.274. The maximum absolute atomic E-state index is 13.6. The first-order valence-electron chi connectivity index (χ1n) is 6.72. The quantitative estimate of drug-likeness (QED) is 0.791. The number of sulfonamides is 1. The second-order valence-electron chi connectivity index (χ2n) is 4.74. The molecule has 0 aliphatic heterocycles. The Balaban J connectivity index is 2.42. The van der Waals surface area contributed by atoms with Crippen molar-refractivity contribution >= 4 is 15.7 Å². The van der Waals surface area contributed by atoms with Gasteiger partial charge in [0.15, 0.2) is 11.6 Å². The zero-order valence-corrected chi connectivity index (χ0v) is 13.8. The monoisotopic (exact) mass is 390 g/mol. The number of anilines is 1. The number of halogens is 4. The van der Waals surface area contributed by atoms with Gasteiger partial charge in [-0.05, 0) is 30.3 Å². The third kappa shape index (κ3) is 4.34. The molecule has 0 amide bonds. The van der Waals surface area contributed by atoms with E-state index in [4.69, 9.17) is 10.00 Å². The number of nitriles is 1. The lowest BCUT2D eigenvalue weighted by atomic mass is 10.2. The third-order valence-corrected chi connectivity index (χ3v) is 4.39. The molecule has 0 radical (unpaired) electrons. The van der Waals surface area contributed by atoms with Crippen molar-refractivity contribution in [3.05, 3.63) is 47.8 Å². The molecule has 1 N–H and O–H groups in total. The summed E-state index contributed by atoms with van der Waals surface area (Å²) in [5, 5.41) is 8.93. The predicted octanol–water partition coefficient (Wildman–Crippen LogP) is 3.41. The molecule has 0 aliphatic rings. The smallest absolute Gasteiger partial charge is 0.492 e. The lowest BCUT2D eigenvalue weighted by Gasteiger charge is -2.14. The van der Waals surface area contributed by atoms with Crippen LogP contribution >= 0.6 is 0 Å². The molecule has 0 heterocycles. The van der Waals surface area contributed by atoms with Gasteiger partial charge < -0.3 is 9.47 Å². The van der Waals surface area contributed by atoms with Crippen LogP contribution in [-0.4, -0.2) is 21.9 Å². The lowest BCUT2D eigenvalue weighted by Crippen LogP contribution is -2.18. The summed E-state index contributed by atoms with van der Waals surface area (Å²) in [6, 6.07) is 7.15. The molecule has 0 fully saturated rings. The number of methoxy groups -OCH3 is 1. The van der Waals surface area contributed by atoms with E-state index in [1.165, 1.54) is 18.2 Å². The fourth-order valence-corrected chi connectivity index (χ4v) is 3.07. The first-order chi connectivity index (χ1) is 12.1. The Bertz CT molecular complexity index is 969. The van der Waals surface area contributed by atoms with Gasteiger partial charge in [-0.3, -0.25) is 4.72 Å². The number of alkyl halides is 3. The second kappa shape index (κ2) is 7.09. The summed E-state index contributed by atoms with van der Waals surface area (Å²) in [4.78, 5) is -0.519. The van der Waals surface area contributed by atoms with Gasteiger partial charge in [-0.15, -0.1) is 13.2 Å². The molecule has 2 aromatic rings. The van der Waals surface area contributed by atoms with Crippen LogP contribution in [-0.2, 0) is 10.0 Å². The van der Waals surface area contributed by atoms with Gasteiger partial charge in [-0.1, -0.05) is 6.07 Å². The predicted molar refractivity (Wildman–Crippen MR) is 81.6 cm³/mol. The minimum Gasteiger partial charge on any atom is -0.492 e. The molecule has 0 saturated carbocycles. The highest BCUT2D eigenvalue weighted by atomic mass is 32.2. The SMILES string of the molecule is COc1c(F)cccc1NS(=O)(=O)c1ccc(OC(F)(F)F)c(C#N)c1. The van der Waals surface area contributed by atoms with Gasteiger partial charge in [0.1, 0.15) is 11.8 Å². The average Bonchev–Trinajstić information content (AvgIpc) is 2.53. The van der Waals surface area contributed by atoms with Gasteiger partial charge in [0.05, 0.1) is 23.3 Å². The number of benzene rings is 2. The van der Waals surface area contributed by atoms with Gasteiger partial charge in [-0.25, -0.2) is 12.8 Å². The summed E-state index contributed by atoms with van der Waals surface area (Å²) in [6.45, 7) is 0. The topological polar surface area (TPSA) is 88.4 Å². The van der Waals surface area contributed by atoms with Crippen molar-refractivity contribution in [2.24, 2.45) is 0 Å². The first kappa shape index (κ1) is 19.3. The molecule has 0 aromatic heterocycles. The standard InChI is InChI=1S/C15H10F4N2O4S/c1-24-14-11(16)3-2-4-12(14)21-26(22,23)10-5-6-13(9(7-10)8-20)25-15(17,18)19/h2-7,21H,1H3. The van der Waals surface area contributed by atoms with Gasteiger partial charge in [0.2, 0.25) is 0 Å². The zero-order valence-electron chi connectivity index (χ0n) is 13.0. The molecule has 0 bridgehead atoms. The van der Waals surface area contributed by atoms with Crippen LogP contribution < -0.4 is 14.2 Å². The number of ether oxygens (including phenoxy) is 2. The number of nitrogens with one attached hydrogen (secondary N) is 1. The molecule has 0 aliphatic carbocycles. The van der Waals surface area contributed by atoms with Crippen molar-refractivity contribution in [1.29, 1.82) is 5.26 Å². The Kier molecular flexibility index (Phi) is 5.27. The Morgan fingerprint density at radius 2 is 1.88 bits per heavy atom. The van der Waals surface area contributed by atoms with Crippen molar-refractivity contribution in [1.82, 2.24) is 0 Å². The van der Waals surface area contributed by atoms with E-state index in [9.17, 15) is 26.0 Å². The van der Waals surface area contributed by atoms with E-state index in [2.05, 4.69) is 4.74 Å². The van der Waals surface area contributed by atoms with Crippen LogP contribution in [0.25, 0.3) is 0 Å². The minimum absolute atomic E-state index is 0.221. The molecule has 6 nitrogen and oxygen atoms in total. The van der Waals surface area contributed by atoms with Gasteiger partial charge in [-0.2, -0.15) is 5.26 Å². The summed E-state index contributed by atoms with van der Waals surface area (Å²) < 4.78 is 85.7. The van der Waals surface area contributed by atoms with E-state index >= 15 is 0 Å². The fourth-order valence-electron chi connectivity index (χ4n) is 1.98. The summed E-state index contributed by atoms with van der Waals surface area (Å²) >= 11 is 0. The number of rotatable bonds is 5. The van der Waals surface area contributed by atoms with Crippen LogP contribution in [0.1, 0.15) is 5.56 Å². The molecule has 0 spiro atoms. The summed E-state index contributed by atoms with van der Waals surface area (Å²) in [5.41, 5.74) is -0.863. The molecule has 2 aromatic carbocycles. The summed E-state index contributed by atoms with van der Waals surface area (Å²) in [5.74, 6) is -2.03. The number of para-hydroxylation sites is 1. The summed E-state index contributed by atoms with van der Waals surface area (Å²) in [6.07, 6.45) is -5.04. The Labute approximate surface area is 145 Å². The van der Waals surface area contributed by atoms with E-state index in [1.807, 2.05) is 4.72 Å².